The Balaban J connectivity index is 1.73. The monoisotopic (exact) mass is 263 g/mol. The summed E-state index contributed by atoms with van der Waals surface area (Å²) in [5.74, 6) is 0.789. The number of fused-ring (bicyclic) bond motifs is 3. The fourth-order valence-electron chi connectivity index (χ4n) is 3.64. The number of aryl methyl sites for hydroxylation is 1. The van der Waals surface area contributed by atoms with Gasteiger partial charge in [-0.25, -0.2) is 4.79 Å². The highest BCUT2D eigenvalue weighted by Crippen LogP contribution is 2.61. The van der Waals surface area contributed by atoms with Gasteiger partial charge in [-0.3, -0.25) is 4.84 Å². The molecule has 2 saturated heterocycles. The van der Waals surface area contributed by atoms with Crippen LogP contribution in [-0.4, -0.2) is 40.8 Å². The first-order valence-electron chi connectivity index (χ1n) is 6.72. The van der Waals surface area contributed by atoms with Gasteiger partial charge in [0.05, 0.1) is 19.2 Å². The lowest BCUT2D eigenvalue weighted by Gasteiger charge is -2.35. The number of piperidine rings is 1. The van der Waals surface area contributed by atoms with Crippen molar-refractivity contribution in [1.29, 1.82) is 0 Å². The Kier molecular flexibility index (Phi) is 2.08. The molecule has 0 aromatic carbocycles. The van der Waals surface area contributed by atoms with E-state index in [1.807, 2.05) is 17.9 Å². The average molecular weight is 263 g/mol. The molecule has 2 aliphatic heterocycles. The van der Waals surface area contributed by atoms with Gasteiger partial charge in [0.2, 0.25) is 0 Å². The first-order valence-corrected chi connectivity index (χ1v) is 6.72. The molecule has 102 valence electrons. The summed E-state index contributed by atoms with van der Waals surface area (Å²) in [4.78, 5) is 19.6. The molecule has 1 aromatic heterocycles. The fraction of sp³-hybridized carbons (Fsp3) is 0.692. The van der Waals surface area contributed by atoms with Crippen LogP contribution in [0.1, 0.15) is 36.8 Å². The van der Waals surface area contributed by atoms with Crippen LogP contribution in [0.5, 0.6) is 0 Å². The lowest BCUT2D eigenvalue weighted by molar-refractivity contribution is -0.115. The van der Waals surface area contributed by atoms with Crippen LogP contribution in [-0.2, 0) is 4.84 Å². The summed E-state index contributed by atoms with van der Waals surface area (Å²) in [5, 5.41) is 5.66. The van der Waals surface area contributed by atoms with Crippen LogP contribution < -0.4 is 0 Å². The minimum atomic E-state index is -0.0399. The van der Waals surface area contributed by atoms with Gasteiger partial charge in [-0.2, -0.15) is 5.06 Å². The molecule has 3 aliphatic rings. The van der Waals surface area contributed by atoms with Crippen molar-refractivity contribution in [1.82, 2.24) is 15.1 Å². The van der Waals surface area contributed by atoms with Crippen molar-refractivity contribution in [2.45, 2.75) is 38.3 Å². The minimum absolute atomic E-state index is 0.0313. The van der Waals surface area contributed by atoms with Crippen LogP contribution >= 0.6 is 0 Å². The van der Waals surface area contributed by atoms with Gasteiger partial charge in [-0.15, -0.1) is 0 Å². The van der Waals surface area contributed by atoms with Crippen LogP contribution in [0.25, 0.3) is 0 Å². The second-order valence-corrected chi connectivity index (χ2v) is 5.90. The molecule has 1 aliphatic carbocycles. The quantitative estimate of drug-likeness (QED) is 0.817. The normalized spacial score (nSPS) is 31.4. The zero-order valence-electron chi connectivity index (χ0n) is 11.1. The van der Waals surface area contributed by atoms with E-state index in [0.717, 1.165) is 24.4 Å². The van der Waals surface area contributed by atoms with Gasteiger partial charge in [0, 0.05) is 12.6 Å². The largest absolute Gasteiger partial charge is 0.361 e. The molecular weight excluding hydrogens is 246 g/mol. The maximum Gasteiger partial charge on any atom is 0.344 e. The van der Waals surface area contributed by atoms with Crippen molar-refractivity contribution in [3.05, 3.63) is 17.5 Å². The van der Waals surface area contributed by atoms with Crippen molar-refractivity contribution >= 4 is 6.03 Å². The van der Waals surface area contributed by atoms with Crippen molar-refractivity contribution in [3.63, 3.8) is 0 Å². The Labute approximate surface area is 111 Å². The predicted molar refractivity (Wildman–Crippen MR) is 65.0 cm³/mol. The van der Waals surface area contributed by atoms with Crippen LogP contribution in [0.3, 0.4) is 0 Å². The Morgan fingerprint density at radius 3 is 2.89 bits per heavy atom. The second-order valence-electron chi connectivity index (χ2n) is 5.90. The number of hydrogen-bond donors (Lipinski definition) is 0. The summed E-state index contributed by atoms with van der Waals surface area (Å²) < 4.78 is 5.17. The second kappa shape index (κ2) is 3.50. The lowest BCUT2D eigenvalue weighted by Crippen LogP contribution is -2.42. The number of rotatable bonds is 2. The predicted octanol–water partition coefficient (Wildman–Crippen LogP) is 1.88. The third kappa shape index (κ3) is 1.40. The van der Waals surface area contributed by atoms with E-state index >= 15 is 0 Å². The van der Waals surface area contributed by atoms with Crippen molar-refractivity contribution < 1.29 is 14.2 Å². The summed E-state index contributed by atoms with van der Waals surface area (Å²) in [6, 6.07) is 2.13. The Morgan fingerprint density at radius 1 is 1.53 bits per heavy atom. The van der Waals surface area contributed by atoms with E-state index in [1.54, 1.807) is 12.2 Å². The molecule has 6 heteroatoms. The van der Waals surface area contributed by atoms with E-state index in [1.165, 1.54) is 12.8 Å². The van der Waals surface area contributed by atoms with Gasteiger partial charge in [0.15, 0.2) is 0 Å². The zero-order chi connectivity index (χ0) is 13.2. The van der Waals surface area contributed by atoms with Crippen LogP contribution in [0.4, 0.5) is 4.79 Å². The summed E-state index contributed by atoms with van der Waals surface area (Å²) in [7, 11) is 1.57. The maximum absolute atomic E-state index is 12.4. The van der Waals surface area contributed by atoms with E-state index in [4.69, 9.17) is 9.36 Å². The molecule has 0 N–H and O–H groups in total. The third-order valence-electron chi connectivity index (χ3n) is 4.85. The summed E-state index contributed by atoms with van der Waals surface area (Å²) in [5.41, 5.74) is 1.10. The topological polar surface area (TPSA) is 58.8 Å². The smallest absolute Gasteiger partial charge is 0.344 e. The Bertz CT molecular complexity index is 537. The lowest BCUT2D eigenvalue weighted by atomic mass is 9.84. The number of carbonyl (C=O) groups is 1. The van der Waals surface area contributed by atoms with Gasteiger partial charge in [0.25, 0.3) is 0 Å². The van der Waals surface area contributed by atoms with Crippen molar-refractivity contribution in [3.8, 4) is 0 Å². The number of hydroxylamine groups is 2. The van der Waals surface area contributed by atoms with Gasteiger partial charge < -0.3 is 9.42 Å². The fourth-order valence-corrected chi connectivity index (χ4v) is 3.64. The molecule has 3 heterocycles. The van der Waals surface area contributed by atoms with Gasteiger partial charge in [-0.05, 0) is 31.6 Å². The molecule has 2 atom stereocenters. The van der Waals surface area contributed by atoms with E-state index in [-0.39, 0.29) is 23.5 Å². The maximum atomic E-state index is 12.4. The average Bonchev–Trinajstić information content (AvgIpc) is 2.92. The van der Waals surface area contributed by atoms with Gasteiger partial charge >= 0.3 is 6.03 Å². The molecule has 19 heavy (non-hydrogen) atoms. The molecule has 1 saturated carbocycles. The van der Waals surface area contributed by atoms with Crippen LogP contribution in [0, 0.1) is 12.3 Å². The third-order valence-corrected chi connectivity index (χ3v) is 4.85. The van der Waals surface area contributed by atoms with E-state index in [2.05, 4.69) is 5.16 Å². The number of amides is 2. The summed E-state index contributed by atoms with van der Waals surface area (Å²) in [6.45, 7) is 2.62. The van der Waals surface area contributed by atoms with Gasteiger partial charge in [0.1, 0.15) is 11.5 Å². The molecule has 0 radical (unpaired) electrons. The highest BCUT2D eigenvalue weighted by atomic mass is 16.7. The molecule has 1 spiro atoms. The molecular formula is C13H17N3O3. The molecule has 2 amide bonds. The molecule has 3 fully saturated rings. The molecule has 2 bridgehead atoms. The standard InChI is InChI=1S/C13H17N3O3/c1-8-5-9(14-19-8)10-6-13(3-4-13)11-7-15(10)12(17)16(11)18-2/h5,10-11H,3-4,6-7H2,1-2H3/t10-,11?/m0/s1. The van der Waals surface area contributed by atoms with Crippen LogP contribution in [0.2, 0.25) is 0 Å². The Hall–Kier alpha value is -1.56. The zero-order valence-corrected chi connectivity index (χ0v) is 11.1. The van der Waals surface area contributed by atoms with Crippen LogP contribution in [0.15, 0.2) is 10.6 Å². The summed E-state index contributed by atoms with van der Waals surface area (Å²) in [6.07, 6.45) is 3.31. The number of aromatic nitrogens is 1. The molecule has 6 nitrogen and oxygen atoms in total. The SMILES string of the molecule is CON1C(=O)N2CC1C1(CC1)C[C@H]2c1cc(C)on1. The Morgan fingerprint density at radius 2 is 2.32 bits per heavy atom. The van der Waals surface area contributed by atoms with Crippen molar-refractivity contribution in [2.75, 3.05) is 13.7 Å². The van der Waals surface area contributed by atoms with Gasteiger partial charge in [-0.1, -0.05) is 5.16 Å². The molecule has 4 rings (SSSR count). The highest BCUT2D eigenvalue weighted by molar-refractivity contribution is 5.77. The van der Waals surface area contributed by atoms with Crippen molar-refractivity contribution in [2.24, 2.45) is 5.41 Å². The first kappa shape index (κ1) is 11.3. The molecule has 1 aromatic rings. The van der Waals surface area contributed by atoms with E-state index in [0.29, 0.717) is 0 Å². The minimum Gasteiger partial charge on any atom is -0.361 e. The number of nitrogens with zero attached hydrogens (tertiary/aromatic N) is 3. The number of carbonyl (C=O) groups excluding carboxylic acids is 1. The molecule has 1 unspecified atom stereocenters. The first-order chi connectivity index (χ1) is 9.14. The number of urea groups is 1. The highest BCUT2D eigenvalue weighted by Gasteiger charge is 2.63. The van der Waals surface area contributed by atoms with E-state index < -0.39 is 0 Å². The summed E-state index contributed by atoms with van der Waals surface area (Å²) >= 11 is 0. The van der Waals surface area contributed by atoms with E-state index in [9.17, 15) is 4.79 Å². The number of hydrogen-bond acceptors (Lipinski definition) is 4.